The summed E-state index contributed by atoms with van der Waals surface area (Å²) in [7, 11) is 1.99. The van der Waals surface area contributed by atoms with E-state index >= 15 is 0 Å². The van der Waals surface area contributed by atoms with Crippen molar-refractivity contribution in [2.75, 3.05) is 13.6 Å². The number of hydrogen-bond donors (Lipinski definition) is 1. The summed E-state index contributed by atoms with van der Waals surface area (Å²) in [5.41, 5.74) is 3.41. The maximum atomic E-state index is 13.1. The summed E-state index contributed by atoms with van der Waals surface area (Å²) in [4.78, 5) is 10.9. The van der Waals surface area contributed by atoms with E-state index in [2.05, 4.69) is 34.6 Å². The molecule has 0 aliphatic heterocycles. The molecule has 1 N–H and O–H groups in total. The Morgan fingerprint density at radius 3 is 2.64 bits per heavy atom. The van der Waals surface area contributed by atoms with Gasteiger partial charge >= 0.3 is 0 Å². The van der Waals surface area contributed by atoms with Crippen molar-refractivity contribution in [3.8, 4) is 0 Å². The van der Waals surface area contributed by atoms with Crippen LogP contribution in [0.25, 0.3) is 0 Å². The molecule has 1 aromatic heterocycles. The topological polar surface area (TPSA) is 45.5 Å². The lowest BCUT2D eigenvalue weighted by Gasteiger charge is -2.22. The van der Waals surface area contributed by atoms with Gasteiger partial charge in [0.1, 0.15) is 5.82 Å². The fraction of sp³-hybridized carbons (Fsp3) is 0.273. The zero-order valence-corrected chi connectivity index (χ0v) is 16.3. The highest BCUT2D eigenvalue weighted by molar-refractivity contribution is 5.79. The standard InChI is InChI=1S/C22H26FN5/c1-3-25-22(27(2)15-18-7-9-21(23)10-8-18)26-14-19-5-4-6-20(13-19)16-28-12-11-24-17-28/h4-13,17H,3,14-16H2,1-2H3,(H,25,26). The van der Waals surface area contributed by atoms with Crippen LogP contribution in [0.3, 0.4) is 0 Å². The van der Waals surface area contributed by atoms with E-state index in [1.165, 1.54) is 17.7 Å². The van der Waals surface area contributed by atoms with Crippen molar-refractivity contribution in [3.05, 3.63) is 89.8 Å². The molecule has 6 heteroatoms. The minimum atomic E-state index is -0.220. The average molecular weight is 379 g/mol. The van der Waals surface area contributed by atoms with Crippen molar-refractivity contribution >= 4 is 5.96 Å². The first-order valence-electron chi connectivity index (χ1n) is 9.41. The third kappa shape index (κ3) is 5.67. The molecule has 0 radical (unpaired) electrons. The highest BCUT2D eigenvalue weighted by atomic mass is 19.1. The zero-order valence-electron chi connectivity index (χ0n) is 16.3. The van der Waals surface area contributed by atoms with E-state index in [0.29, 0.717) is 13.1 Å². The molecule has 0 bridgehead atoms. The molecule has 28 heavy (non-hydrogen) atoms. The van der Waals surface area contributed by atoms with E-state index in [4.69, 9.17) is 4.99 Å². The Morgan fingerprint density at radius 2 is 1.93 bits per heavy atom. The van der Waals surface area contributed by atoms with Gasteiger partial charge in [0.2, 0.25) is 0 Å². The number of aliphatic imine (C=N–C) groups is 1. The number of nitrogens with one attached hydrogen (secondary N) is 1. The summed E-state index contributed by atoms with van der Waals surface area (Å²) in [6, 6.07) is 15.0. The Morgan fingerprint density at radius 1 is 1.14 bits per heavy atom. The Labute approximate surface area is 165 Å². The van der Waals surface area contributed by atoms with Crippen LogP contribution < -0.4 is 5.32 Å². The molecule has 0 aliphatic carbocycles. The predicted octanol–water partition coefficient (Wildman–Crippen LogP) is 3.67. The number of nitrogens with zero attached hydrogens (tertiary/aromatic N) is 4. The zero-order chi connectivity index (χ0) is 19.8. The Balaban J connectivity index is 1.67. The van der Waals surface area contributed by atoms with E-state index in [-0.39, 0.29) is 5.82 Å². The second-order valence-electron chi connectivity index (χ2n) is 6.71. The van der Waals surface area contributed by atoms with E-state index in [0.717, 1.165) is 30.2 Å². The molecule has 3 aromatic rings. The molecule has 0 atom stereocenters. The molecule has 0 saturated carbocycles. The number of benzene rings is 2. The first kappa shape index (κ1) is 19.6. The molecule has 0 aliphatic rings. The Hall–Kier alpha value is -3.15. The summed E-state index contributed by atoms with van der Waals surface area (Å²) < 4.78 is 15.2. The maximum absolute atomic E-state index is 13.1. The molecule has 0 saturated heterocycles. The van der Waals surface area contributed by atoms with Crippen LogP contribution in [0.2, 0.25) is 0 Å². The third-order valence-electron chi connectivity index (χ3n) is 4.36. The number of guanidine groups is 1. The fourth-order valence-corrected chi connectivity index (χ4v) is 2.99. The van der Waals surface area contributed by atoms with Crippen molar-refractivity contribution in [1.29, 1.82) is 0 Å². The number of imidazole rings is 1. The normalized spacial score (nSPS) is 11.5. The summed E-state index contributed by atoms with van der Waals surface area (Å²) in [6.45, 7) is 4.88. The highest BCUT2D eigenvalue weighted by Crippen LogP contribution is 2.10. The minimum absolute atomic E-state index is 0.220. The number of aromatic nitrogens is 2. The second-order valence-corrected chi connectivity index (χ2v) is 6.71. The first-order chi connectivity index (χ1) is 13.6. The summed E-state index contributed by atoms with van der Waals surface area (Å²) >= 11 is 0. The molecule has 0 fully saturated rings. The van der Waals surface area contributed by atoms with E-state index in [1.807, 2.05) is 36.0 Å². The van der Waals surface area contributed by atoms with Gasteiger partial charge in [0.05, 0.1) is 12.9 Å². The van der Waals surface area contributed by atoms with Gasteiger partial charge in [-0.15, -0.1) is 0 Å². The molecule has 3 rings (SSSR count). The van der Waals surface area contributed by atoms with Gasteiger partial charge in [-0.25, -0.2) is 14.4 Å². The van der Waals surface area contributed by atoms with Crippen molar-refractivity contribution in [2.45, 2.75) is 26.6 Å². The van der Waals surface area contributed by atoms with Gasteiger partial charge in [-0.2, -0.15) is 0 Å². The molecule has 1 heterocycles. The van der Waals surface area contributed by atoms with E-state index in [1.54, 1.807) is 18.3 Å². The molecule has 2 aromatic carbocycles. The van der Waals surface area contributed by atoms with Crippen molar-refractivity contribution in [1.82, 2.24) is 19.8 Å². The quantitative estimate of drug-likeness (QED) is 0.503. The Kier molecular flexibility index (Phi) is 6.78. The van der Waals surface area contributed by atoms with E-state index < -0.39 is 0 Å². The van der Waals surface area contributed by atoms with Gasteiger partial charge < -0.3 is 14.8 Å². The van der Waals surface area contributed by atoms with Crippen LogP contribution in [-0.4, -0.2) is 34.0 Å². The third-order valence-corrected chi connectivity index (χ3v) is 4.36. The molecule has 5 nitrogen and oxygen atoms in total. The fourth-order valence-electron chi connectivity index (χ4n) is 2.99. The number of rotatable bonds is 7. The molecular formula is C22H26FN5. The van der Waals surface area contributed by atoms with Crippen LogP contribution in [0.5, 0.6) is 0 Å². The van der Waals surface area contributed by atoms with Crippen molar-refractivity contribution in [2.24, 2.45) is 4.99 Å². The van der Waals surface area contributed by atoms with Crippen LogP contribution in [0.4, 0.5) is 4.39 Å². The first-order valence-corrected chi connectivity index (χ1v) is 9.41. The number of hydrogen-bond acceptors (Lipinski definition) is 2. The molecule has 0 spiro atoms. The van der Waals surface area contributed by atoms with Gasteiger partial charge in [0.25, 0.3) is 0 Å². The lowest BCUT2D eigenvalue weighted by Crippen LogP contribution is -2.38. The van der Waals surface area contributed by atoms with Gasteiger partial charge in [0, 0.05) is 39.1 Å². The second kappa shape index (κ2) is 9.69. The van der Waals surface area contributed by atoms with Crippen LogP contribution in [0.1, 0.15) is 23.6 Å². The SMILES string of the molecule is CCNC(=NCc1cccc(Cn2ccnc2)c1)N(C)Cc1ccc(F)cc1. The van der Waals surface area contributed by atoms with Crippen LogP contribution >= 0.6 is 0 Å². The maximum Gasteiger partial charge on any atom is 0.194 e. The van der Waals surface area contributed by atoms with Crippen LogP contribution in [-0.2, 0) is 19.6 Å². The van der Waals surface area contributed by atoms with Crippen LogP contribution in [0.15, 0.2) is 72.2 Å². The van der Waals surface area contributed by atoms with Crippen molar-refractivity contribution in [3.63, 3.8) is 0 Å². The van der Waals surface area contributed by atoms with Gasteiger partial charge in [-0.3, -0.25) is 0 Å². The smallest absolute Gasteiger partial charge is 0.194 e. The largest absolute Gasteiger partial charge is 0.357 e. The molecular weight excluding hydrogens is 353 g/mol. The molecule has 0 unspecified atom stereocenters. The summed E-state index contributed by atoms with van der Waals surface area (Å²) in [5, 5.41) is 3.32. The van der Waals surface area contributed by atoms with Crippen molar-refractivity contribution < 1.29 is 4.39 Å². The van der Waals surface area contributed by atoms with Crippen LogP contribution in [0, 0.1) is 5.82 Å². The van der Waals surface area contributed by atoms with Gasteiger partial charge in [-0.05, 0) is 35.7 Å². The minimum Gasteiger partial charge on any atom is -0.357 e. The van der Waals surface area contributed by atoms with E-state index in [9.17, 15) is 4.39 Å². The van der Waals surface area contributed by atoms with Gasteiger partial charge in [-0.1, -0.05) is 36.4 Å². The van der Waals surface area contributed by atoms with Gasteiger partial charge in [0.15, 0.2) is 5.96 Å². The molecule has 0 amide bonds. The monoisotopic (exact) mass is 379 g/mol. The predicted molar refractivity (Wildman–Crippen MR) is 110 cm³/mol. The average Bonchev–Trinajstić information content (AvgIpc) is 3.20. The lowest BCUT2D eigenvalue weighted by molar-refractivity contribution is 0.476. The summed E-state index contributed by atoms with van der Waals surface area (Å²) in [6.07, 6.45) is 5.56. The molecule has 146 valence electrons. The summed E-state index contributed by atoms with van der Waals surface area (Å²) in [5.74, 6) is 0.606. The Bertz CT molecular complexity index is 888. The lowest BCUT2D eigenvalue weighted by atomic mass is 10.1. The highest BCUT2D eigenvalue weighted by Gasteiger charge is 2.07. The number of halogens is 1.